The molecule has 0 aliphatic heterocycles. The number of nitro groups is 1. The highest BCUT2D eigenvalue weighted by atomic mass is 16.6. The molecule has 0 N–H and O–H groups in total. The number of hydrogen-bond acceptors (Lipinski definition) is 5. The topological polar surface area (TPSA) is 81.5 Å². The second-order valence-electron chi connectivity index (χ2n) is 4.53. The molecule has 0 aliphatic carbocycles. The van der Waals surface area contributed by atoms with Crippen LogP contribution in [0, 0.1) is 10.1 Å². The third kappa shape index (κ3) is 3.06. The van der Waals surface area contributed by atoms with E-state index >= 15 is 0 Å². The summed E-state index contributed by atoms with van der Waals surface area (Å²) in [5.74, 6) is 0.338. The average Bonchev–Trinajstić information content (AvgIpc) is 3.03. The van der Waals surface area contributed by atoms with Gasteiger partial charge in [0.2, 0.25) is 0 Å². The van der Waals surface area contributed by atoms with Gasteiger partial charge in [0.1, 0.15) is 5.69 Å². The summed E-state index contributed by atoms with van der Waals surface area (Å²) in [6.07, 6.45) is 1.50. The molecule has 0 fully saturated rings. The fourth-order valence-electron chi connectivity index (χ4n) is 1.93. The molecule has 1 heterocycles. The number of aromatic nitrogens is 1. The zero-order chi connectivity index (χ0) is 15.4. The van der Waals surface area contributed by atoms with Crippen molar-refractivity contribution < 1.29 is 9.45 Å². The predicted octanol–water partition coefficient (Wildman–Crippen LogP) is 4.00. The lowest BCUT2D eigenvalue weighted by Gasteiger charge is -1.92. The van der Waals surface area contributed by atoms with Gasteiger partial charge in [-0.05, 0) is 5.56 Å². The molecule has 0 bridgehead atoms. The molecule has 0 saturated heterocycles. The van der Waals surface area contributed by atoms with Gasteiger partial charge < -0.3 is 4.52 Å². The van der Waals surface area contributed by atoms with Crippen LogP contribution in [0.2, 0.25) is 0 Å². The maximum absolute atomic E-state index is 10.7. The lowest BCUT2D eigenvalue weighted by Crippen LogP contribution is -1.89. The lowest BCUT2D eigenvalue weighted by molar-refractivity contribution is -0.384. The first kappa shape index (κ1) is 13.7. The smallest absolute Gasteiger partial charge is 0.270 e. The predicted molar refractivity (Wildman–Crippen MR) is 82.3 cm³/mol. The summed E-state index contributed by atoms with van der Waals surface area (Å²) in [6.45, 7) is 0. The molecular formula is C16H11N3O3. The summed E-state index contributed by atoms with van der Waals surface area (Å²) >= 11 is 0. The van der Waals surface area contributed by atoms with Crippen molar-refractivity contribution in [2.24, 2.45) is 4.99 Å². The van der Waals surface area contributed by atoms with Gasteiger partial charge in [-0.25, -0.2) is 4.99 Å². The van der Waals surface area contributed by atoms with Gasteiger partial charge in [0.15, 0.2) is 0 Å². The molecule has 6 nitrogen and oxygen atoms in total. The number of aliphatic imine (C=N–C) groups is 1. The van der Waals surface area contributed by atoms with Gasteiger partial charge in [0.05, 0.1) is 4.92 Å². The zero-order valence-electron chi connectivity index (χ0n) is 11.4. The van der Waals surface area contributed by atoms with Gasteiger partial charge >= 0.3 is 0 Å². The summed E-state index contributed by atoms with van der Waals surface area (Å²) in [7, 11) is 0. The minimum atomic E-state index is -0.445. The highest BCUT2D eigenvalue weighted by Gasteiger charge is 2.06. The number of rotatable bonds is 4. The van der Waals surface area contributed by atoms with Crippen LogP contribution >= 0.6 is 0 Å². The van der Waals surface area contributed by atoms with Gasteiger partial charge in [-0.15, -0.1) is 0 Å². The van der Waals surface area contributed by atoms with Crippen LogP contribution in [-0.2, 0) is 0 Å². The maximum atomic E-state index is 10.7. The Morgan fingerprint density at radius 1 is 1.09 bits per heavy atom. The van der Waals surface area contributed by atoms with E-state index in [1.165, 1.54) is 18.3 Å². The van der Waals surface area contributed by atoms with Gasteiger partial charge in [0, 0.05) is 30.0 Å². The van der Waals surface area contributed by atoms with E-state index in [2.05, 4.69) is 10.1 Å². The highest BCUT2D eigenvalue weighted by molar-refractivity contribution is 5.82. The Bertz CT molecular complexity index is 825. The molecule has 2 aromatic carbocycles. The first-order valence-electron chi connectivity index (χ1n) is 6.53. The van der Waals surface area contributed by atoms with Crippen LogP contribution in [-0.4, -0.2) is 16.3 Å². The number of nitrogens with zero attached hydrogens (tertiary/aromatic N) is 3. The molecule has 0 saturated carbocycles. The summed E-state index contributed by atoms with van der Waals surface area (Å²) in [4.78, 5) is 14.4. The van der Waals surface area contributed by atoms with Crippen LogP contribution in [0.3, 0.4) is 0 Å². The summed E-state index contributed by atoms with van der Waals surface area (Å²) in [5.41, 5.74) is 2.26. The maximum Gasteiger partial charge on any atom is 0.270 e. The third-order valence-corrected chi connectivity index (χ3v) is 2.99. The van der Waals surface area contributed by atoms with E-state index in [1.807, 2.05) is 30.3 Å². The van der Waals surface area contributed by atoms with E-state index in [1.54, 1.807) is 18.2 Å². The van der Waals surface area contributed by atoms with Gasteiger partial charge in [-0.1, -0.05) is 47.6 Å². The van der Waals surface area contributed by atoms with E-state index in [-0.39, 0.29) is 5.69 Å². The highest BCUT2D eigenvalue weighted by Crippen LogP contribution is 2.23. The van der Waals surface area contributed by atoms with E-state index < -0.39 is 4.92 Å². The molecule has 3 aromatic rings. The van der Waals surface area contributed by atoms with E-state index in [9.17, 15) is 10.1 Å². The second kappa shape index (κ2) is 6.01. The molecule has 22 heavy (non-hydrogen) atoms. The SMILES string of the molecule is O=[N+]([O-])c1cccc(C=Nc2cc(-c3ccccc3)no2)c1. The summed E-state index contributed by atoms with van der Waals surface area (Å²) in [6, 6.07) is 17.5. The molecule has 0 unspecified atom stereocenters. The first-order chi connectivity index (χ1) is 10.7. The van der Waals surface area contributed by atoms with Gasteiger partial charge in [0.25, 0.3) is 11.6 Å². The van der Waals surface area contributed by atoms with Crippen LogP contribution in [0.1, 0.15) is 5.56 Å². The Kier molecular flexibility index (Phi) is 3.74. The number of nitro benzene ring substituents is 1. The molecule has 0 radical (unpaired) electrons. The lowest BCUT2D eigenvalue weighted by atomic mass is 10.2. The van der Waals surface area contributed by atoms with Crippen LogP contribution in [0.25, 0.3) is 11.3 Å². The van der Waals surface area contributed by atoms with Crippen LogP contribution in [0.15, 0.2) is 70.2 Å². The Balaban J connectivity index is 1.80. The van der Waals surface area contributed by atoms with Crippen LogP contribution in [0.4, 0.5) is 11.6 Å². The molecule has 0 atom stereocenters. The minimum Gasteiger partial charge on any atom is -0.336 e. The van der Waals surface area contributed by atoms with Crippen molar-refractivity contribution >= 4 is 17.8 Å². The normalized spacial score (nSPS) is 10.9. The van der Waals surface area contributed by atoms with Crippen molar-refractivity contribution in [2.75, 3.05) is 0 Å². The van der Waals surface area contributed by atoms with Gasteiger partial charge in [-0.3, -0.25) is 10.1 Å². The van der Waals surface area contributed by atoms with Crippen molar-refractivity contribution in [3.05, 3.63) is 76.3 Å². The molecule has 1 aromatic heterocycles. The molecule has 0 spiro atoms. The van der Waals surface area contributed by atoms with E-state index in [4.69, 9.17) is 4.52 Å². The quantitative estimate of drug-likeness (QED) is 0.413. The Labute approximate surface area is 125 Å². The molecular weight excluding hydrogens is 282 g/mol. The van der Waals surface area contributed by atoms with Crippen LogP contribution in [0.5, 0.6) is 0 Å². The molecule has 6 heteroatoms. The monoisotopic (exact) mass is 293 g/mol. The Hall–Kier alpha value is -3.28. The summed E-state index contributed by atoms with van der Waals surface area (Å²) in [5, 5.41) is 14.7. The minimum absolute atomic E-state index is 0.0199. The number of non-ortho nitro benzene ring substituents is 1. The van der Waals surface area contributed by atoms with Crippen molar-refractivity contribution in [3.63, 3.8) is 0 Å². The van der Waals surface area contributed by atoms with Crippen LogP contribution < -0.4 is 0 Å². The van der Waals surface area contributed by atoms with Crippen molar-refractivity contribution in [1.82, 2.24) is 5.16 Å². The molecule has 0 aliphatic rings. The van der Waals surface area contributed by atoms with Gasteiger partial charge in [-0.2, -0.15) is 0 Å². The standard InChI is InChI=1S/C16H11N3O3/c20-19(21)14-8-4-5-12(9-14)11-17-16-10-15(18-22-16)13-6-2-1-3-7-13/h1-11H. The van der Waals surface area contributed by atoms with Crippen molar-refractivity contribution in [1.29, 1.82) is 0 Å². The number of benzene rings is 2. The fourth-order valence-corrected chi connectivity index (χ4v) is 1.93. The van der Waals surface area contributed by atoms with E-state index in [0.29, 0.717) is 17.1 Å². The van der Waals surface area contributed by atoms with Crippen molar-refractivity contribution in [2.45, 2.75) is 0 Å². The second-order valence-corrected chi connectivity index (χ2v) is 4.53. The fraction of sp³-hybridized carbons (Fsp3) is 0. The summed E-state index contributed by atoms with van der Waals surface area (Å²) < 4.78 is 5.14. The largest absolute Gasteiger partial charge is 0.336 e. The Morgan fingerprint density at radius 3 is 2.68 bits per heavy atom. The first-order valence-corrected chi connectivity index (χ1v) is 6.53. The Morgan fingerprint density at radius 2 is 1.91 bits per heavy atom. The molecule has 3 rings (SSSR count). The van der Waals surface area contributed by atoms with E-state index in [0.717, 1.165) is 5.56 Å². The third-order valence-electron chi connectivity index (χ3n) is 2.99. The van der Waals surface area contributed by atoms with Crippen molar-refractivity contribution in [3.8, 4) is 11.3 Å². The molecule has 0 amide bonds. The average molecular weight is 293 g/mol. The molecule has 108 valence electrons. The number of hydrogen-bond donors (Lipinski definition) is 0. The zero-order valence-corrected chi connectivity index (χ0v) is 11.4.